The molecule has 0 spiro atoms. The number of aryl methyl sites for hydroxylation is 1. The van der Waals surface area contributed by atoms with Gasteiger partial charge in [-0.25, -0.2) is 4.98 Å². The van der Waals surface area contributed by atoms with Crippen LogP contribution in [0, 0.1) is 17.0 Å². The Labute approximate surface area is 147 Å². The van der Waals surface area contributed by atoms with Crippen molar-refractivity contribution in [2.45, 2.75) is 13.3 Å². The Hall–Kier alpha value is -3.62. The second-order valence-electron chi connectivity index (χ2n) is 5.72. The summed E-state index contributed by atoms with van der Waals surface area (Å²) < 4.78 is 0. The van der Waals surface area contributed by atoms with E-state index < -0.39 is 22.6 Å². The Balaban J connectivity index is 1.62. The molecule has 0 bridgehead atoms. The zero-order chi connectivity index (χ0) is 18.8. The molecular weight excluding hydrogens is 340 g/mol. The van der Waals surface area contributed by atoms with Crippen LogP contribution in [0.3, 0.4) is 0 Å². The molecule has 3 amide bonds. The molecule has 3 rings (SSSR count). The van der Waals surface area contributed by atoms with E-state index in [-0.39, 0.29) is 24.5 Å². The standard InChI is InChI=1S/C17H14N4O5/c1-10-8-14(18-9-13(10)21(25)26)19-15(22)6-7-20-16(23)11-4-2-3-5-12(11)17(20)24/h2-5,8-9H,6-7H2,1H3,(H,18,19,22). The van der Waals surface area contributed by atoms with Crippen molar-refractivity contribution in [2.24, 2.45) is 0 Å². The molecule has 1 aromatic carbocycles. The highest BCUT2D eigenvalue weighted by molar-refractivity contribution is 6.21. The number of nitrogens with one attached hydrogen (secondary N) is 1. The molecule has 132 valence electrons. The number of carbonyl (C=O) groups excluding carboxylic acids is 3. The minimum Gasteiger partial charge on any atom is -0.311 e. The molecule has 2 aromatic rings. The van der Waals surface area contributed by atoms with E-state index in [0.29, 0.717) is 16.7 Å². The van der Waals surface area contributed by atoms with Gasteiger partial charge in [0.25, 0.3) is 17.5 Å². The molecular formula is C17H14N4O5. The van der Waals surface area contributed by atoms with E-state index >= 15 is 0 Å². The Morgan fingerprint density at radius 2 is 1.85 bits per heavy atom. The quantitative estimate of drug-likeness (QED) is 0.497. The van der Waals surface area contributed by atoms with Gasteiger partial charge in [-0.05, 0) is 25.1 Å². The van der Waals surface area contributed by atoms with Crippen molar-refractivity contribution in [1.82, 2.24) is 9.88 Å². The second-order valence-corrected chi connectivity index (χ2v) is 5.72. The summed E-state index contributed by atoms with van der Waals surface area (Å²) in [5, 5.41) is 13.3. The van der Waals surface area contributed by atoms with Crippen LogP contribution < -0.4 is 5.32 Å². The number of pyridine rings is 1. The molecule has 26 heavy (non-hydrogen) atoms. The maximum Gasteiger partial charge on any atom is 0.290 e. The van der Waals surface area contributed by atoms with E-state index in [1.54, 1.807) is 24.3 Å². The molecule has 1 aliphatic heterocycles. The fraction of sp³-hybridized carbons (Fsp3) is 0.176. The number of carbonyl (C=O) groups is 3. The molecule has 0 radical (unpaired) electrons. The van der Waals surface area contributed by atoms with E-state index in [9.17, 15) is 24.5 Å². The Kier molecular flexibility index (Phi) is 4.44. The predicted molar refractivity (Wildman–Crippen MR) is 90.7 cm³/mol. The van der Waals surface area contributed by atoms with E-state index in [4.69, 9.17) is 0 Å². The number of hydrogen-bond acceptors (Lipinski definition) is 6. The van der Waals surface area contributed by atoms with E-state index in [0.717, 1.165) is 11.1 Å². The number of hydrogen-bond donors (Lipinski definition) is 1. The maximum absolute atomic E-state index is 12.2. The Bertz CT molecular complexity index is 906. The highest BCUT2D eigenvalue weighted by Gasteiger charge is 2.34. The third kappa shape index (κ3) is 3.14. The van der Waals surface area contributed by atoms with Crippen molar-refractivity contribution in [3.63, 3.8) is 0 Å². The van der Waals surface area contributed by atoms with Crippen LogP contribution in [0.4, 0.5) is 11.5 Å². The first-order chi connectivity index (χ1) is 12.4. The third-order valence-corrected chi connectivity index (χ3v) is 3.99. The molecule has 1 aliphatic rings. The molecule has 1 aromatic heterocycles. The van der Waals surface area contributed by atoms with E-state index in [2.05, 4.69) is 10.3 Å². The largest absolute Gasteiger partial charge is 0.311 e. The molecule has 0 saturated carbocycles. The predicted octanol–water partition coefficient (Wildman–Crippen LogP) is 1.92. The number of imide groups is 1. The lowest BCUT2D eigenvalue weighted by atomic mass is 10.1. The Morgan fingerprint density at radius 3 is 2.38 bits per heavy atom. The van der Waals surface area contributed by atoms with Gasteiger partial charge in [0.05, 0.1) is 16.1 Å². The van der Waals surface area contributed by atoms with Gasteiger partial charge in [0.15, 0.2) is 0 Å². The summed E-state index contributed by atoms with van der Waals surface area (Å²) in [4.78, 5) is 51.6. The third-order valence-electron chi connectivity index (χ3n) is 3.99. The number of nitro groups is 1. The van der Waals surface area contributed by atoms with Crippen LogP contribution >= 0.6 is 0 Å². The van der Waals surface area contributed by atoms with Crippen molar-refractivity contribution < 1.29 is 19.3 Å². The molecule has 1 N–H and O–H groups in total. The summed E-state index contributed by atoms with van der Waals surface area (Å²) in [6.07, 6.45) is 0.957. The zero-order valence-electron chi connectivity index (χ0n) is 13.8. The lowest BCUT2D eigenvalue weighted by molar-refractivity contribution is -0.385. The summed E-state index contributed by atoms with van der Waals surface area (Å²) in [5.74, 6) is -1.15. The van der Waals surface area contributed by atoms with Crippen LogP contribution in [-0.2, 0) is 4.79 Å². The van der Waals surface area contributed by atoms with Crippen LogP contribution in [0.15, 0.2) is 36.5 Å². The molecule has 0 saturated heterocycles. The van der Waals surface area contributed by atoms with Gasteiger partial charge >= 0.3 is 0 Å². The highest BCUT2D eigenvalue weighted by atomic mass is 16.6. The number of fused-ring (bicyclic) bond motifs is 1. The van der Waals surface area contributed by atoms with Gasteiger partial charge in [-0.15, -0.1) is 0 Å². The first-order valence-electron chi connectivity index (χ1n) is 7.74. The first-order valence-corrected chi connectivity index (χ1v) is 7.74. The van der Waals surface area contributed by atoms with Crippen molar-refractivity contribution in [1.29, 1.82) is 0 Å². The fourth-order valence-electron chi connectivity index (χ4n) is 2.67. The van der Waals surface area contributed by atoms with Gasteiger partial charge in [-0.3, -0.25) is 29.4 Å². The summed E-state index contributed by atoms with van der Waals surface area (Å²) >= 11 is 0. The minimum absolute atomic E-state index is 0.0653. The minimum atomic E-state index is -0.559. The molecule has 9 nitrogen and oxygen atoms in total. The number of benzene rings is 1. The monoisotopic (exact) mass is 354 g/mol. The van der Waals surface area contributed by atoms with Crippen LogP contribution in [0.5, 0.6) is 0 Å². The number of nitrogens with zero attached hydrogens (tertiary/aromatic N) is 3. The second kappa shape index (κ2) is 6.71. The highest BCUT2D eigenvalue weighted by Crippen LogP contribution is 2.23. The van der Waals surface area contributed by atoms with Crippen LogP contribution in [0.25, 0.3) is 0 Å². The van der Waals surface area contributed by atoms with Crippen LogP contribution in [-0.4, -0.2) is 39.1 Å². The average Bonchev–Trinajstić information content (AvgIpc) is 2.84. The number of amides is 3. The van der Waals surface area contributed by atoms with Crippen LogP contribution in [0.1, 0.15) is 32.7 Å². The summed E-state index contributed by atoms with van der Waals surface area (Å²) in [7, 11) is 0. The molecule has 0 atom stereocenters. The van der Waals surface area contributed by atoms with Gasteiger partial charge in [0.1, 0.15) is 12.0 Å². The average molecular weight is 354 g/mol. The van der Waals surface area contributed by atoms with Crippen molar-refractivity contribution >= 4 is 29.2 Å². The number of anilines is 1. The zero-order valence-corrected chi connectivity index (χ0v) is 13.8. The molecule has 0 unspecified atom stereocenters. The van der Waals surface area contributed by atoms with Crippen molar-refractivity contribution in [2.75, 3.05) is 11.9 Å². The lowest BCUT2D eigenvalue weighted by Crippen LogP contribution is -2.33. The lowest BCUT2D eigenvalue weighted by Gasteiger charge is -2.13. The van der Waals surface area contributed by atoms with E-state index in [1.165, 1.54) is 13.0 Å². The first kappa shape index (κ1) is 17.2. The number of aromatic nitrogens is 1. The number of rotatable bonds is 5. The van der Waals surface area contributed by atoms with Gasteiger partial charge in [-0.2, -0.15) is 0 Å². The van der Waals surface area contributed by atoms with Gasteiger partial charge in [-0.1, -0.05) is 12.1 Å². The molecule has 0 fully saturated rings. The molecule has 0 aliphatic carbocycles. The van der Waals surface area contributed by atoms with Gasteiger partial charge in [0, 0.05) is 18.5 Å². The summed E-state index contributed by atoms with van der Waals surface area (Å²) in [6.45, 7) is 1.47. The van der Waals surface area contributed by atoms with Gasteiger partial charge in [0.2, 0.25) is 5.91 Å². The van der Waals surface area contributed by atoms with Crippen molar-refractivity contribution in [3.05, 3.63) is 63.3 Å². The molecule has 9 heteroatoms. The van der Waals surface area contributed by atoms with Gasteiger partial charge < -0.3 is 5.32 Å². The fourth-order valence-corrected chi connectivity index (χ4v) is 2.67. The maximum atomic E-state index is 12.2. The smallest absolute Gasteiger partial charge is 0.290 e. The Morgan fingerprint density at radius 1 is 1.23 bits per heavy atom. The summed E-state index contributed by atoms with van der Waals surface area (Å²) in [5.41, 5.74) is 0.866. The topological polar surface area (TPSA) is 123 Å². The molecule has 2 heterocycles. The van der Waals surface area contributed by atoms with Crippen molar-refractivity contribution in [3.8, 4) is 0 Å². The van der Waals surface area contributed by atoms with E-state index in [1.807, 2.05) is 0 Å². The summed E-state index contributed by atoms with van der Waals surface area (Å²) in [6, 6.07) is 7.86. The normalized spacial score (nSPS) is 12.9. The SMILES string of the molecule is Cc1cc(NC(=O)CCN2C(=O)c3ccccc3C2=O)ncc1[N+](=O)[O-]. The van der Waals surface area contributed by atoms with Crippen LogP contribution in [0.2, 0.25) is 0 Å².